The van der Waals surface area contributed by atoms with Gasteiger partial charge >= 0.3 is 0 Å². The van der Waals surface area contributed by atoms with E-state index in [1.807, 2.05) is 94.1 Å². The maximum Gasteiger partial charge on any atom is 0.0717 e. The van der Waals surface area contributed by atoms with E-state index in [9.17, 15) is 0 Å². The molecule has 214 valence electrons. The first-order chi connectivity index (χ1) is 21.8. The molecule has 0 aromatic heterocycles. The number of rotatable bonds is 5. The minimum atomic E-state index is 1.25. The van der Waals surface area contributed by atoms with Gasteiger partial charge in [-0.25, -0.2) is 0 Å². The molecule has 4 heterocycles. The van der Waals surface area contributed by atoms with E-state index < -0.39 is 0 Å². The van der Waals surface area contributed by atoms with Crippen molar-refractivity contribution in [3.05, 3.63) is 177 Å². The zero-order chi connectivity index (χ0) is 29.3. The van der Waals surface area contributed by atoms with E-state index in [1.165, 1.54) is 67.3 Å². The lowest BCUT2D eigenvalue weighted by Gasteiger charge is -2.19. The molecule has 0 saturated heterocycles. The molecular weight excluding hydrogens is 689 g/mol. The van der Waals surface area contributed by atoms with Crippen LogP contribution in [0.5, 0.6) is 0 Å². The smallest absolute Gasteiger partial charge is 0.0717 e. The van der Waals surface area contributed by atoms with Crippen molar-refractivity contribution in [1.82, 2.24) is 0 Å². The van der Waals surface area contributed by atoms with E-state index >= 15 is 0 Å². The van der Waals surface area contributed by atoms with Crippen molar-refractivity contribution in [2.24, 2.45) is 0 Å². The molecule has 0 atom stereocenters. The van der Waals surface area contributed by atoms with Gasteiger partial charge in [-0.3, -0.25) is 0 Å². The third-order valence-corrected chi connectivity index (χ3v) is 17.8. The largest absolute Gasteiger partial charge is 0.0735 e. The Kier molecular flexibility index (Phi) is 9.03. The lowest BCUT2D eigenvalue weighted by molar-refractivity contribution is 1.59. The lowest BCUT2D eigenvalue weighted by atomic mass is 9.95. The molecule has 0 radical (unpaired) electrons. The normalized spacial score (nSPS) is 17.4. The molecule has 0 aliphatic carbocycles. The van der Waals surface area contributed by atoms with Gasteiger partial charge in [-0.1, -0.05) is 215 Å². The first-order valence-corrected chi connectivity index (χ1v) is 20.3. The van der Waals surface area contributed by atoms with Gasteiger partial charge in [0.05, 0.1) is 33.9 Å². The molecule has 0 bridgehead atoms. The van der Waals surface area contributed by atoms with Crippen LogP contribution in [0.2, 0.25) is 0 Å². The number of hydrogen-bond acceptors (Lipinski definition) is 8. The molecule has 0 nitrogen and oxygen atoms in total. The molecule has 4 aromatic rings. The van der Waals surface area contributed by atoms with Crippen LogP contribution in [-0.4, -0.2) is 0 Å². The van der Waals surface area contributed by atoms with Gasteiger partial charge in [-0.15, -0.1) is 0 Å². The molecule has 8 rings (SSSR count). The summed E-state index contributed by atoms with van der Waals surface area (Å²) in [5, 5.41) is 0. The van der Waals surface area contributed by atoms with Crippen LogP contribution in [0.15, 0.2) is 155 Å². The van der Waals surface area contributed by atoms with Crippen molar-refractivity contribution in [2.75, 3.05) is 0 Å². The second kappa shape index (κ2) is 13.5. The highest BCUT2D eigenvalue weighted by molar-refractivity contribution is 8.49. The topological polar surface area (TPSA) is 0 Å². The van der Waals surface area contributed by atoms with Crippen LogP contribution in [0.4, 0.5) is 0 Å². The predicted molar refractivity (Wildman–Crippen MR) is 210 cm³/mol. The molecule has 4 aromatic carbocycles. The average molecular weight is 711 g/mol. The Morgan fingerprint density at radius 3 is 0.955 bits per heavy atom. The molecule has 0 unspecified atom stereocenters. The van der Waals surface area contributed by atoms with Gasteiger partial charge in [0.2, 0.25) is 0 Å². The number of hydrogen-bond donors (Lipinski definition) is 0. The molecule has 4 aliphatic rings. The second-order valence-corrected chi connectivity index (χ2v) is 20.1. The quantitative estimate of drug-likeness (QED) is 0.198. The highest BCUT2D eigenvalue weighted by atomic mass is 32.3. The molecule has 0 saturated carbocycles. The van der Waals surface area contributed by atoms with E-state index in [-0.39, 0.29) is 0 Å². The molecule has 0 fully saturated rings. The minimum Gasteiger partial charge on any atom is -0.0735 e. The summed E-state index contributed by atoms with van der Waals surface area (Å²) in [6.45, 7) is 0. The monoisotopic (exact) mass is 710 g/mol. The minimum absolute atomic E-state index is 1.25. The van der Waals surface area contributed by atoms with E-state index in [0.717, 1.165) is 0 Å². The fourth-order valence-electron chi connectivity index (χ4n) is 4.83. The summed E-state index contributed by atoms with van der Waals surface area (Å²) in [6.07, 6.45) is 4.62. The van der Waals surface area contributed by atoms with E-state index in [1.54, 1.807) is 0 Å². The first kappa shape index (κ1) is 29.5. The summed E-state index contributed by atoms with van der Waals surface area (Å²) >= 11 is 15.4. The molecule has 0 N–H and O–H groups in total. The molecule has 0 spiro atoms. The molecule has 8 heteroatoms. The number of thioether (sulfide) groups is 8. The third kappa shape index (κ3) is 6.38. The van der Waals surface area contributed by atoms with Crippen LogP contribution in [0, 0.1) is 0 Å². The zero-order valence-corrected chi connectivity index (χ0v) is 29.5. The fourth-order valence-corrected chi connectivity index (χ4v) is 17.6. The summed E-state index contributed by atoms with van der Waals surface area (Å²) in [6, 6.07) is 43.2. The van der Waals surface area contributed by atoms with Gasteiger partial charge in [0.15, 0.2) is 0 Å². The van der Waals surface area contributed by atoms with Gasteiger partial charge < -0.3 is 0 Å². The van der Waals surface area contributed by atoms with Crippen LogP contribution < -0.4 is 0 Å². The van der Waals surface area contributed by atoms with E-state index in [2.05, 4.69) is 133 Å². The Hall–Kier alpha value is -1.88. The Morgan fingerprint density at radius 2 is 0.636 bits per heavy atom. The number of benzene rings is 4. The summed E-state index contributed by atoms with van der Waals surface area (Å²) in [5.74, 6) is 0. The van der Waals surface area contributed by atoms with Crippen molar-refractivity contribution < 1.29 is 0 Å². The van der Waals surface area contributed by atoms with Gasteiger partial charge in [0, 0.05) is 11.1 Å². The summed E-state index contributed by atoms with van der Waals surface area (Å²) < 4.78 is 11.0. The van der Waals surface area contributed by atoms with E-state index in [0.29, 0.717) is 0 Å². The summed E-state index contributed by atoms with van der Waals surface area (Å²) in [4.78, 5) is 0. The van der Waals surface area contributed by atoms with Crippen molar-refractivity contribution in [3.63, 3.8) is 0 Å². The lowest BCUT2D eigenvalue weighted by Crippen LogP contribution is -1.95. The molecule has 4 aliphatic heterocycles. The van der Waals surface area contributed by atoms with Crippen molar-refractivity contribution in [1.29, 1.82) is 0 Å². The number of allylic oxidation sites excluding steroid dienone is 2. The first-order valence-electron chi connectivity index (χ1n) is 13.8. The Labute approximate surface area is 292 Å². The van der Waals surface area contributed by atoms with Crippen molar-refractivity contribution in [2.45, 2.75) is 0 Å². The summed E-state index contributed by atoms with van der Waals surface area (Å²) in [7, 11) is 0. The maximum atomic E-state index is 2.31. The molecular formula is C36H22S8. The highest BCUT2D eigenvalue weighted by Gasteiger charge is 2.36. The predicted octanol–water partition coefficient (Wildman–Crippen LogP) is 13.9. The average Bonchev–Trinajstić information content (AvgIpc) is 3.82. The standard InChI is InChI=1S/C36H22S8/c1-5-13-23(14-6-1)21-27-37-33-34(38-27)42-31(41-33)29(25-17-9-3-10-18-25)30(26-19-11-4-12-20-26)32-43-35-36(44-32)40-28(39-35)22-24-15-7-2-8-16-24/h1-22H. The zero-order valence-electron chi connectivity index (χ0n) is 23.0. The van der Waals surface area contributed by atoms with E-state index in [4.69, 9.17) is 0 Å². The van der Waals surface area contributed by atoms with Gasteiger partial charge in [-0.05, 0) is 34.4 Å². The molecule has 0 amide bonds. The van der Waals surface area contributed by atoms with Crippen LogP contribution >= 0.6 is 94.1 Å². The van der Waals surface area contributed by atoms with Crippen LogP contribution in [-0.2, 0) is 0 Å². The maximum absolute atomic E-state index is 2.31. The Morgan fingerprint density at radius 1 is 0.341 bits per heavy atom. The Balaban J connectivity index is 1.15. The van der Waals surface area contributed by atoms with Crippen LogP contribution in [0.25, 0.3) is 23.3 Å². The SMILES string of the molecule is C(=C1SC2=C(S1)SC(=C(C(=C1SC3=C(SC(=Cc4ccccc4)S3)S1)c1ccccc1)c1ccccc1)S2)c1ccccc1. The third-order valence-electron chi connectivity index (χ3n) is 6.80. The highest BCUT2D eigenvalue weighted by Crippen LogP contribution is 2.71. The van der Waals surface area contributed by atoms with Crippen LogP contribution in [0.3, 0.4) is 0 Å². The van der Waals surface area contributed by atoms with Crippen LogP contribution in [0.1, 0.15) is 22.3 Å². The fraction of sp³-hybridized carbons (Fsp3) is 0. The van der Waals surface area contributed by atoms with Crippen molar-refractivity contribution >= 4 is 117 Å². The molecule has 44 heavy (non-hydrogen) atoms. The van der Waals surface area contributed by atoms with Gasteiger partial charge in [0.25, 0.3) is 0 Å². The Bertz CT molecular complexity index is 1730. The van der Waals surface area contributed by atoms with Gasteiger partial charge in [0.1, 0.15) is 0 Å². The summed E-state index contributed by atoms with van der Waals surface area (Å²) in [5.41, 5.74) is 7.71. The van der Waals surface area contributed by atoms with Gasteiger partial charge in [-0.2, -0.15) is 0 Å². The van der Waals surface area contributed by atoms with Crippen molar-refractivity contribution in [3.8, 4) is 0 Å². The second-order valence-electron chi connectivity index (χ2n) is 9.77.